The Morgan fingerprint density at radius 2 is 1.77 bits per heavy atom. The van der Waals surface area contributed by atoms with E-state index in [-0.39, 0.29) is 18.9 Å². The first-order chi connectivity index (χ1) is 14.3. The number of benzene rings is 2. The van der Waals surface area contributed by atoms with Crippen LogP contribution in [-0.2, 0) is 9.59 Å². The minimum Gasteiger partial charge on any atom is -0.497 e. The Hall–Kier alpha value is -3.07. The SMILES string of the molecule is COc1ccc(OC)c(NC(=O)C/C(C)=N/NC(=O)COc2ccc(Br)c(C)c2)c1. The van der Waals surface area contributed by atoms with Crippen molar-refractivity contribution in [3.05, 3.63) is 46.4 Å². The molecule has 0 saturated heterocycles. The maximum absolute atomic E-state index is 12.3. The predicted molar refractivity (Wildman–Crippen MR) is 118 cm³/mol. The van der Waals surface area contributed by atoms with E-state index >= 15 is 0 Å². The molecule has 160 valence electrons. The number of methoxy groups -OCH3 is 2. The van der Waals surface area contributed by atoms with Gasteiger partial charge in [0.2, 0.25) is 5.91 Å². The number of hydrogen-bond donors (Lipinski definition) is 2. The zero-order valence-corrected chi connectivity index (χ0v) is 18.8. The third-order valence-corrected chi connectivity index (χ3v) is 4.86. The van der Waals surface area contributed by atoms with Gasteiger partial charge in [-0.15, -0.1) is 0 Å². The Kier molecular flexibility index (Phi) is 8.67. The lowest BCUT2D eigenvalue weighted by Gasteiger charge is -2.11. The number of ether oxygens (including phenoxy) is 3. The predicted octanol–water partition coefficient (Wildman–Crippen LogP) is 3.67. The van der Waals surface area contributed by atoms with E-state index in [9.17, 15) is 9.59 Å². The van der Waals surface area contributed by atoms with Crippen LogP contribution in [0.3, 0.4) is 0 Å². The largest absolute Gasteiger partial charge is 0.497 e. The molecule has 0 aliphatic heterocycles. The second-order valence-electron chi connectivity index (χ2n) is 6.37. The normalized spacial score (nSPS) is 10.9. The van der Waals surface area contributed by atoms with Crippen molar-refractivity contribution in [3.8, 4) is 17.2 Å². The van der Waals surface area contributed by atoms with E-state index in [1.807, 2.05) is 19.1 Å². The molecule has 2 N–H and O–H groups in total. The van der Waals surface area contributed by atoms with Crippen LogP contribution in [0.5, 0.6) is 17.2 Å². The van der Waals surface area contributed by atoms with Gasteiger partial charge in [0.15, 0.2) is 6.61 Å². The molecule has 0 bridgehead atoms. The minimum absolute atomic E-state index is 0.00654. The highest BCUT2D eigenvalue weighted by molar-refractivity contribution is 9.10. The molecule has 0 aliphatic carbocycles. The third kappa shape index (κ3) is 7.07. The quantitative estimate of drug-likeness (QED) is 0.424. The van der Waals surface area contributed by atoms with Crippen LogP contribution in [-0.4, -0.2) is 38.4 Å². The molecule has 9 heteroatoms. The summed E-state index contributed by atoms with van der Waals surface area (Å²) in [5, 5.41) is 6.68. The molecule has 0 heterocycles. The zero-order chi connectivity index (χ0) is 22.1. The van der Waals surface area contributed by atoms with E-state index in [0.717, 1.165) is 10.0 Å². The molecule has 0 saturated carbocycles. The highest BCUT2D eigenvalue weighted by atomic mass is 79.9. The molecule has 0 spiro atoms. The summed E-state index contributed by atoms with van der Waals surface area (Å²) in [6, 6.07) is 10.5. The molecule has 2 aromatic carbocycles. The maximum atomic E-state index is 12.3. The number of hydrogen-bond acceptors (Lipinski definition) is 6. The van der Waals surface area contributed by atoms with E-state index in [1.165, 1.54) is 14.2 Å². The van der Waals surface area contributed by atoms with E-state index in [4.69, 9.17) is 14.2 Å². The van der Waals surface area contributed by atoms with Crippen LogP contribution < -0.4 is 25.0 Å². The van der Waals surface area contributed by atoms with Crippen LogP contribution in [0, 0.1) is 6.92 Å². The van der Waals surface area contributed by atoms with E-state index in [1.54, 1.807) is 31.2 Å². The smallest absolute Gasteiger partial charge is 0.277 e. The number of aryl methyl sites for hydroxylation is 1. The number of anilines is 1. The number of nitrogens with one attached hydrogen (secondary N) is 2. The van der Waals surface area contributed by atoms with Crippen LogP contribution in [0.2, 0.25) is 0 Å². The van der Waals surface area contributed by atoms with Crippen LogP contribution in [0.15, 0.2) is 46.0 Å². The summed E-state index contributed by atoms with van der Waals surface area (Å²) in [6.07, 6.45) is -0.00654. The lowest BCUT2D eigenvalue weighted by atomic mass is 10.2. The van der Waals surface area contributed by atoms with Crippen LogP contribution in [0.25, 0.3) is 0 Å². The Morgan fingerprint density at radius 3 is 2.43 bits per heavy atom. The highest BCUT2D eigenvalue weighted by Gasteiger charge is 2.11. The lowest BCUT2D eigenvalue weighted by Crippen LogP contribution is -2.26. The molecule has 0 aromatic heterocycles. The molecule has 2 aromatic rings. The van der Waals surface area contributed by atoms with Crippen LogP contribution in [0.1, 0.15) is 18.9 Å². The van der Waals surface area contributed by atoms with Crippen LogP contribution >= 0.6 is 15.9 Å². The number of nitrogens with zero attached hydrogens (tertiary/aromatic N) is 1. The van der Waals surface area contributed by atoms with Gasteiger partial charge >= 0.3 is 0 Å². The molecule has 0 unspecified atom stereocenters. The van der Waals surface area contributed by atoms with Gasteiger partial charge in [0.1, 0.15) is 17.2 Å². The monoisotopic (exact) mass is 477 g/mol. The summed E-state index contributed by atoms with van der Waals surface area (Å²) in [5.41, 5.74) is 4.30. The fourth-order valence-corrected chi connectivity index (χ4v) is 2.67. The molecule has 30 heavy (non-hydrogen) atoms. The van der Waals surface area contributed by atoms with Crippen molar-refractivity contribution in [2.45, 2.75) is 20.3 Å². The highest BCUT2D eigenvalue weighted by Crippen LogP contribution is 2.29. The fraction of sp³-hybridized carbons (Fsp3) is 0.286. The summed E-state index contributed by atoms with van der Waals surface area (Å²) in [7, 11) is 3.05. The molecule has 2 rings (SSSR count). The minimum atomic E-state index is -0.426. The van der Waals surface area contributed by atoms with Crippen molar-refractivity contribution in [3.63, 3.8) is 0 Å². The van der Waals surface area contributed by atoms with Crippen molar-refractivity contribution < 1.29 is 23.8 Å². The number of amides is 2. The summed E-state index contributed by atoms with van der Waals surface area (Å²) in [4.78, 5) is 24.2. The fourth-order valence-electron chi connectivity index (χ4n) is 2.42. The molecule has 0 fully saturated rings. The number of carbonyl (C=O) groups is 2. The van der Waals surface area contributed by atoms with Gasteiger partial charge < -0.3 is 19.5 Å². The van der Waals surface area contributed by atoms with Gasteiger partial charge in [0.05, 0.1) is 26.3 Å². The molecular weight excluding hydrogens is 454 g/mol. The number of hydrazone groups is 1. The number of rotatable bonds is 9. The van der Waals surface area contributed by atoms with E-state index in [2.05, 4.69) is 31.8 Å². The Balaban J connectivity index is 1.84. The summed E-state index contributed by atoms with van der Waals surface area (Å²) in [6.45, 7) is 3.38. The molecule has 0 radical (unpaired) electrons. The van der Waals surface area contributed by atoms with Crippen molar-refractivity contribution in [1.29, 1.82) is 0 Å². The first-order valence-corrected chi connectivity index (χ1v) is 9.84. The third-order valence-electron chi connectivity index (χ3n) is 3.97. The van der Waals surface area contributed by atoms with Gasteiger partial charge in [-0.3, -0.25) is 9.59 Å². The first kappa shape index (κ1) is 23.2. The second-order valence-corrected chi connectivity index (χ2v) is 7.23. The van der Waals surface area contributed by atoms with Gasteiger partial charge in [0.25, 0.3) is 5.91 Å². The molecule has 0 aliphatic rings. The lowest BCUT2D eigenvalue weighted by molar-refractivity contribution is -0.123. The van der Waals surface area contributed by atoms with Crippen molar-refractivity contribution >= 4 is 39.1 Å². The molecule has 8 nitrogen and oxygen atoms in total. The Bertz CT molecular complexity index is 946. The van der Waals surface area contributed by atoms with Gasteiger partial charge in [-0.1, -0.05) is 15.9 Å². The van der Waals surface area contributed by atoms with Gasteiger partial charge in [-0.05, 0) is 49.7 Å². The number of halogens is 1. The average molecular weight is 478 g/mol. The maximum Gasteiger partial charge on any atom is 0.277 e. The Labute approximate surface area is 183 Å². The van der Waals surface area contributed by atoms with E-state index in [0.29, 0.717) is 28.6 Å². The summed E-state index contributed by atoms with van der Waals surface area (Å²) in [5.74, 6) is 0.943. The van der Waals surface area contributed by atoms with Crippen LogP contribution in [0.4, 0.5) is 5.69 Å². The summed E-state index contributed by atoms with van der Waals surface area (Å²) >= 11 is 3.41. The zero-order valence-electron chi connectivity index (χ0n) is 17.2. The Morgan fingerprint density at radius 1 is 1.03 bits per heavy atom. The topological polar surface area (TPSA) is 98.3 Å². The number of carbonyl (C=O) groups excluding carboxylic acids is 2. The summed E-state index contributed by atoms with van der Waals surface area (Å²) < 4.78 is 16.8. The molecule has 2 amide bonds. The van der Waals surface area contributed by atoms with Gasteiger partial charge in [-0.25, -0.2) is 5.43 Å². The van der Waals surface area contributed by atoms with E-state index < -0.39 is 5.91 Å². The van der Waals surface area contributed by atoms with Crippen molar-refractivity contribution in [2.24, 2.45) is 5.10 Å². The van der Waals surface area contributed by atoms with Gasteiger partial charge in [-0.2, -0.15) is 5.10 Å². The molecule has 0 atom stereocenters. The van der Waals surface area contributed by atoms with Crippen molar-refractivity contribution in [1.82, 2.24) is 5.43 Å². The average Bonchev–Trinajstić information content (AvgIpc) is 2.72. The first-order valence-electron chi connectivity index (χ1n) is 9.05. The molecular formula is C21H24BrN3O5. The standard InChI is InChI=1S/C21H24BrN3O5/c1-13-9-16(5-7-17(13)22)30-12-21(27)25-24-14(2)10-20(26)23-18-11-15(28-3)6-8-19(18)29-4/h5-9,11H,10,12H2,1-4H3,(H,23,26)(H,25,27)/b24-14+. The van der Waals surface area contributed by atoms with Gasteiger partial charge in [0, 0.05) is 16.3 Å². The van der Waals surface area contributed by atoms with Crippen molar-refractivity contribution in [2.75, 3.05) is 26.1 Å². The second kappa shape index (κ2) is 11.2.